The zero-order chi connectivity index (χ0) is 20.4. The van der Waals surface area contributed by atoms with Gasteiger partial charge in [-0.05, 0) is 36.0 Å². The molecule has 1 N–H and O–H groups in total. The first kappa shape index (κ1) is 19.3. The number of thiophene rings is 1. The second-order valence-corrected chi connectivity index (χ2v) is 8.21. The van der Waals surface area contributed by atoms with Crippen LogP contribution in [0.2, 0.25) is 0 Å². The Labute approximate surface area is 171 Å². The fourth-order valence-corrected chi connectivity index (χ4v) is 4.88. The Morgan fingerprint density at radius 3 is 2.86 bits per heavy atom. The standard InChI is InChI=1S/C20H21N5O3S/c1-12-8-9-14-15(10-12)29-19(17(14)20(27)28-2)21-16(26)11-25-23-18(22-24-25)13-6-4-3-5-7-13/h3-7,12H,8-11H2,1-2H3,(H,21,26). The van der Waals surface area contributed by atoms with Crippen molar-refractivity contribution in [1.82, 2.24) is 20.2 Å². The number of aromatic nitrogens is 4. The Balaban J connectivity index is 1.52. The lowest BCUT2D eigenvalue weighted by Crippen LogP contribution is -2.21. The van der Waals surface area contributed by atoms with Crippen molar-refractivity contribution in [3.05, 3.63) is 46.3 Å². The zero-order valence-electron chi connectivity index (χ0n) is 16.2. The van der Waals surface area contributed by atoms with Crippen molar-refractivity contribution in [2.24, 2.45) is 5.92 Å². The van der Waals surface area contributed by atoms with Crippen LogP contribution in [0.25, 0.3) is 11.4 Å². The van der Waals surface area contributed by atoms with E-state index < -0.39 is 5.97 Å². The normalized spacial score (nSPS) is 15.6. The number of amides is 1. The highest BCUT2D eigenvalue weighted by Gasteiger charge is 2.29. The molecule has 3 aromatic rings. The van der Waals surface area contributed by atoms with Crippen molar-refractivity contribution in [3.8, 4) is 11.4 Å². The number of hydrogen-bond acceptors (Lipinski definition) is 7. The topological polar surface area (TPSA) is 99.0 Å². The molecule has 0 saturated carbocycles. The van der Waals surface area contributed by atoms with Gasteiger partial charge in [-0.15, -0.1) is 21.5 Å². The number of carbonyl (C=O) groups is 2. The summed E-state index contributed by atoms with van der Waals surface area (Å²) in [4.78, 5) is 27.3. The van der Waals surface area contributed by atoms with Gasteiger partial charge >= 0.3 is 5.97 Å². The van der Waals surface area contributed by atoms with Crippen LogP contribution in [-0.4, -0.2) is 39.2 Å². The van der Waals surface area contributed by atoms with Gasteiger partial charge in [0.25, 0.3) is 0 Å². The van der Waals surface area contributed by atoms with E-state index in [9.17, 15) is 9.59 Å². The third-order valence-corrected chi connectivity index (χ3v) is 6.09. The predicted molar refractivity (Wildman–Crippen MR) is 109 cm³/mol. The molecule has 1 aromatic carbocycles. The van der Waals surface area contributed by atoms with Gasteiger partial charge in [0.15, 0.2) is 0 Å². The van der Waals surface area contributed by atoms with Gasteiger partial charge < -0.3 is 10.1 Å². The number of fused-ring (bicyclic) bond motifs is 1. The van der Waals surface area contributed by atoms with Crippen LogP contribution >= 0.6 is 11.3 Å². The van der Waals surface area contributed by atoms with Crippen molar-refractivity contribution >= 4 is 28.2 Å². The van der Waals surface area contributed by atoms with Crippen molar-refractivity contribution in [1.29, 1.82) is 0 Å². The van der Waals surface area contributed by atoms with Crippen molar-refractivity contribution in [3.63, 3.8) is 0 Å². The van der Waals surface area contributed by atoms with Crippen LogP contribution < -0.4 is 5.32 Å². The predicted octanol–water partition coefficient (Wildman–Crippen LogP) is 2.95. The molecule has 29 heavy (non-hydrogen) atoms. The minimum Gasteiger partial charge on any atom is -0.465 e. The fraction of sp³-hybridized carbons (Fsp3) is 0.350. The van der Waals surface area contributed by atoms with Crippen LogP contribution in [0.5, 0.6) is 0 Å². The van der Waals surface area contributed by atoms with E-state index in [1.807, 2.05) is 30.3 Å². The van der Waals surface area contributed by atoms with Gasteiger partial charge in [-0.2, -0.15) is 4.80 Å². The van der Waals surface area contributed by atoms with Crippen molar-refractivity contribution < 1.29 is 14.3 Å². The van der Waals surface area contributed by atoms with Gasteiger partial charge in [-0.3, -0.25) is 4.79 Å². The Morgan fingerprint density at radius 2 is 2.10 bits per heavy atom. The van der Waals surface area contributed by atoms with E-state index in [2.05, 4.69) is 27.7 Å². The van der Waals surface area contributed by atoms with E-state index in [1.165, 1.54) is 23.2 Å². The summed E-state index contributed by atoms with van der Waals surface area (Å²) in [5.74, 6) is 0.275. The molecule has 0 bridgehead atoms. The van der Waals surface area contributed by atoms with Crippen LogP contribution in [0, 0.1) is 5.92 Å². The summed E-state index contributed by atoms with van der Waals surface area (Å²) in [6.45, 7) is 2.10. The van der Waals surface area contributed by atoms with Crippen LogP contribution in [-0.2, 0) is 28.9 Å². The number of nitrogens with one attached hydrogen (secondary N) is 1. The number of rotatable bonds is 5. The first-order valence-corrected chi connectivity index (χ1v) is 10.2. The minimum atomic E-state index is -0.419. The van der Waals surface area contributed by atoms with Crippen LogP contribution in [0.4, 0.5) is 5.00 Å². The molecule has 1 unspecified atom stereocenters. The Kier molecular flexibility index (Phi) is 5.39. The molecule has 2 aromatic heterocycles. The number of tetrazole rings is 1. The fourth-order valence-electron chi connectivity index (χ4n) is 3.46. The quantitative estimate of drug-likeness (QED) is 0.648. The molecular formula is C20H21N5O3S. The average molecular weight is 411 g/mol. The van der Waals surface area contributed by atoms with E-state index in [1.54, 1.807) is 0 Å². The van der Waals surface area contributed by atoms with Gasteiger partial charge in [-0.1, -0.05) is 37.3 Å². The third kappa shape index (κ3) is 4.04. The van der Waals surface area contributed by atoms with Gasteiger partial charge in [-0.25, -0.2) is 4.79 Å². The van der Waals surface area contributed by atoms with E-state index in [-0.39, 0.29) is 12.5 Å². The molecule has 0 saturated heterocycles. The number of ether oxygens (including phenoxy) is 1. The molecule has 150 valence electrons. The van der Waals surface area contributed by atoms with Crippen LogP contribution in [0.1, 0.15) is 34.1 Å². The van der Waals surface area contributed by atoms with Crippen LogP contribution in [0.15, 0.2) is 30.3 Å². The van der Waals surface area contributed by atoms with Crippen LogP contribution in [0.3, 0.4) is 0 Å². The summed E-state index contributed by atoms with van der Waals surface area (Å²) in [6.07, 6.45) is 2.75. The Morgan fingerprint density at radius 1 is 1.31 bits per heavy atom. The molecule has 0 radical (unpaired) electrons. The molecule has 9 heteroatoms. The second-order valence-electron chi connectivity index (χ2n) is 7.11. The summed E-state index contributed by atoms with van der Waals surface area (Å²) < 4.78 is 4.96. The first-order valence-electron chi connectivity index (χ1n) is 9.41. The maximum absolute atomic E-state index is 12.6. The molecule has 0 spiro atoms. The zero-order valence-corrected chi connectivity index (χ0v) is 17.0. The lowest BCUT2D eigenvalue weighted by molar-refractivity contribution is -0.117. The van der Waals surface area contributed by atoms with Gasteiger partial charge in [0.2, 0.25) is 11.7 Å². The summed E-state index contributed by atoms with van der Waals surface area (Å²) in [5, 5.41) is 15.6. The molecule has 1 amide bonds. The summed E-state index contributed by atoms with van der Waals surface area (Å²) in [6, 6.07) is 9.43. The molecule has 4 rings (SSSR count). The summed E-state index contributed by atoms with van der Waals surface area (Å²) in [7, 11) is 1.36. The first-order chi connectivity index (χ1) is 14.0. The molecule has 2 heterocycles. The lowest BCUT2D eigenvalue weighted by Gasteiger charge is -2.18. The second kappa shape index (κ2) is 8.12. The summed E-state index contributed by atoms with van der Waals surface area (Å²) >= 11 is 1.45. The number of anilines is 1. The molecule has 1 atom stereocenters. The maximum Gasteiger partial charge on any atom is 0.341 e. The minimum absolute atomic E-state index is 0.0978. The SMILES string of the molecule is COC(=O)c1c(NC(=O)Cn2nnc(-c3ccccc3)n2)sc2c1CCC(C)C2. The van der Waals surface area contributed by atoms with E-state index >= 15 is 0 Å². The molecule has 0 aliphatic heterocycles. The molecule has 8 nitrogen and oxygen atoms in total. The van der Waals surface area contributed by atoms with Crippen molar-refractivity contribution in [2.45, 2.75) is 32.7 Å². The Bertz CT molecular complexity index is 1040. The smallest absolute Gasteiger partial charge is 0.341 e. The molecular weight excluding hydrogens is 390 g/mol. The average Bonchev–Trinajstić information content (AvgIpc) is 3.32. The van der Waals surface area contributed by atoms with Gasteiger partial charge in [0.05, 0.1) is 12.7 Å². The number of hydrogen-bond donors (Lipinski definition) is 1. The van der Waals surface area contributed by atoms with E-state index in [0.29, 0.717) is 22.3 Å². The lowest BCUT2D eigenvalue weighted by atomic mass is 9.88. The van der Waals surface area contributed by atoms with Crippen molar-refractivity contribution in [2.75, 3.05) is 12.4 Å². The highest BCUT2D eigenvalue weighted by atomic mass is 32.1. The number of benzene rings is 1. The third-order valence-electron chi connectivity index (χ3n) is 4.92. The molecule has 1 aliphatic carbocycles. The molecule has 1 aliphatic rings. The summed E-state index contributed by atoms with van der Waals surface area (Å²) in [5.41, 5.74) is 2.30. The monoisotopic (exact) mass is 411 g/mol. The van der Waals surface area contributed by atoms with Gasteiger partial charge in [0, 0.05) is 10.4 Å². The van der Waals surface area contributed by atoms with E-state index in [0.717, 1.165) is 35.3 Å². The largest absolute Gasteiger partial charge is 0.465 e. The highest BCUT2D eigenvalue weighted by Crippen LogP contribution is 2.40. The number of esters is 1. The van der Waals surface area contributed by atoms with E-state index in [4.69, 9.17) is 4.74 Å². The number of methoxy groups -OCH3 is 1. The number of nitrogens with zero attached hydrogens (tertiary/aromatic N) is 4. The highest BCUT2D eigenvalue weighted by molar-refractivity contribution is 7.17. The van der Waals surface area contributed by atoms with Gasteiger partial charge in [0.1, 0.15) is 11.5 Å². The maximum atomic E-state index is 12.6. The molecule has 0 fully saturated rings. The Hall–Kier alpha value is -3.07. The number of carbonyl (C=O) groups excluding carboxylic acids is 2.